The molecule has 1 saturated heterocycles. The zero-order valence-electron chi connectivity index (χ0n) is 18.4. The molecule has 170 valence electrons. The van der Waals surface area contributed by atoms with Crippen LogP contribution >= 0.6 is 11.6 Å². The number of rotatable bonds is 5. The molecule has 1 atom stereocenters. The fraction of sp³-hybridized carbons (Fsp3) is 0.385. The number of carbonyl (C=O) groups is 3. The highest BCUT2D eigenvalue weighted by atomic mass is 35.5. The van der Waals surface area contributed by atoms with Crippen LogP contribution in [-0.4, -0.2) is 52.4 Å². The van der Waals surface area contributed by atoms with Gasteiger partial charge in [-0.05, 0) is 36.1 Å². The first kappa shape index (κ1) is 21.8. The van der Waals surface area contributed by atoms with Crippen LogP contribution in [0.3, 0.4) is 0 Å². The summed E-state index contributed by atoms with van der Waals surface area (Å²) in [6.07, 6.45) is 4.67. The van der Waals surface area contributed by atoms with E-state index in [9.17, 15) is 14.4 Å². The lowest BCUT2D eigenvalue weighted by atomic mass is 9.75. The van der Waals surface area contributed by atoms with Gasteiger partial charge in [0, 0.05) is 36.5 Å². The number of ketones is 1. The molecule has 2 fully saturated rings. The Morgan fingerprint density at radius 3 is 2.33 bits per heavy atom. The summed E-state index contributed by atoms with van der Waals surface area (Å²) in [4.78, 5) is 46.3. The van der Waals surface area contributed by atoms with E-state index >= 15 is 0 Å². The van der Waals surface area contributed by atoms with Crippen LogP contribution in [0.5, 0.6) is 0 Å². The second kappa shape index (κ2) is 8.75. The Balaban J connectivity index is 1.42. The lowest BCUT2D eigenvalue weighted by Gasteiger charge is -2.44. The maximum Gasteiger partial charge on any atom is 0.317 e. The minimum Gasteiger partial charge on any atom is -0.339 e. The number of halogens is 1. The van der Waals surface area contributed by atoms with Gasteiger partial charge in [-0.1, -0.05) is 66.9 Å². The Hall–Kier alpha value is -2.99. The highest BCUT2D eigenvalue weighted by Gasteiger charge is 2.49. The third-order valence-corrected chi connectivity index (χ3v) is 7.47. The van der Waals surface area contributed by atoms with Crippen molar-refractivity contribution in [1.82, 2.24) is 9.80 Å². The summed E-state index contributed by atoms with van der Waals surface area (Å²) in [6, 6.07) is 16.5. The Morgan fingerprint density at radius 1 is 0.939 bits per heavy atom. The minimum atomic E-state index is -1.11. The van der Waals surface area contributed by atoms with E-state index in [0.717, 1.165) is 31.2 Å². The van der Waals surface area contributed by atoms with Crippen molar-refractivity contribution in [2.45, 2.75) is 50.1 Å². The van der Waals surface area contributed by atoms with E-state index in [2.05, 4.69) is 4.99 Å². The summed E-state index contributed by atoms with van der Waals surface area (Å²) in [7, 11) is 0. The lowest BCUT2D eigenvalue weighted by molar-refractivity contribution is -0.151. The first-order chi connectivity index (χ1) is 16.0. The molecule has 2 aromatic rings. The Morgan fingerprint density at radius 2 is 1.64 bits per heavy atom. The molecule has 0 spiro atoms. The first-order valence-electron chi connectivity index (χ1n) is 11.5. The molecule has 2 aromatic carbocycles. The fourth-order valence-electron chi connectivity index (χ4n) is 5.49. The Bertz CT molecular complexity index is 1110. The molecule has 1 aliphatic carbocycles. The van der Waals surface area contributed by atoms with Crippen molar-refractivity contribution in [3.63, 3.8) is 0 Å². The standard InChI is InChI=1S/C26H26ClN3O3/c27-20-10-8-19(9-11-20)26(12-4-5-13-26)16-21-28-24(32)23(31)22-25(33)29(14-15-30(21)22)17-18-6-2-1-3-7-18/h1-3,6-11,22H,4-5,12-17H2. The summed E-state index contributed by atoms with van der Waals surface area (Å²) >= 11 is 6.11. The number of hydrogen-bond donors (Lipinski definition) is 0. The fourth-order valence-corrected chi connectivity index (χ4v) is 5.61. The van der Waals surface area contributed by atoms with E-state index in [1.807, 2.05) is 54.6 Å². The van der Waals surface area contributed by atoms with Crippen LogP contribution in [0.25, 0.3) is 0 Å². The van der Waals surface area contributed by atoms with E-state index in [4.69, 9.17) is 11.6 Å². The van der Waals surface area contributed by atoms with Crippen LogP contribution in [0.1, 0.15) is 43.2 Å². The van der Waals surface area contributed by atoms with Crippen LogP contribution < -0.4 is 0 Å². The van der Waals surface area contributed by atoms with E-state index in [1.54, 1.807) is 9.80 Å². The van der Waals surface area contributed by atoms with Crippen LogP contribution in [0.15, 0.2) is 59.6 Å². The molecular weight excluding hydrogens is 438 g/mol. The van der Waals surface area contributed by atoms with E-state index < -0.39 is 17.7 Å². The molecule has 1 unspecified atom stereocenters. The first-order valence-corrected chi connectivity index (χ1v) is 11.9. The minimum absolute atomic E-state index is 0.168. The van der Waals surface area contributed by atoms with E-state index in [-0.39, 0.29) is 11.3 Å². The summed E-state index contributed by atoms with van der Waals surface area (Å²) in [5.74, 6) is -1.30. The number of carbonyl (C=O) groups excluding carboxylic acids is 3. The summed E-state index contributed by atoms with van der Waals surface area (Å²) in [6.45, 7) is 1.39. The monoisotopic (exact) mass is 463 g/mol. The summed E-state index contributed by atoms with van der Waals surface area (Å²) in [5.41, 5.74) is 2.00. The molecule has 2 heterocycles. The van der Waals surface area contributed by atoms with Gasteiger partial charge in [0.1, 0.15) is 5.84 Å². The van der Waals surface area contributed by atoms with Crippen molar-refractivity contribution in [3.8, 4) is 0 Å². The van der Waals surface area contributed by atoms with E-state index in [0.29, 0.717) is 36.9 Å². The smallest absolute Gasteiger partial charge is 0.317 e. The van der Waals surface area contributed by atoms with Gasteiger partial charge in [0.2, 0.25) is 0 Å². The number of amidine groups is 1. The second-order valence-electron chi connectivity index (χ2n) is 9.21. The molecule has 3 aliphatic rings. The van der Waals surface area contributed by atoms with Crippen molar-refractivity contribution in [3.05, 3.63) is 70.7 Å². The largest absolute Gasteiger partial charge is 0.339 e. The zero-order chi connectivity index (χ0) is 23.0. The van der Waals surface area contributed by atoms with Crippen molar-refractivity contribution < 1.29 is 14.4 Å². The van der Waals surface area contributed by atoms with Gasteiger partial charge in [-0.25, -0.2) is 0 Å². The van der Waals surface area contributed by atoms with Gasteiger partial charge < -0.3 is 9.80 Å². The van der Waals surface area contributed by atoms with Crippen molar-refractivity contribution >= 4 is 35.0 Å². The van der Waals surface area contributed by atoms with Crippen molar-refractivity contribution in [2.24, 2.45) is 4.99 Å². The summed E-state index contributed by atoms with van der Waals surface area (Å²) < 4.78 is 0. The van der Waals surface area contributed by atoms with E-state index in [1.165, 1.54) is 5.56 Å². The topological polar surface area (TPSA) is 70.1 Å². The molecule has 2 amide bonds. The van der Waals surface area contributed by atoms with Crippen LogP contribution in [-0.2, 0) is 26.3 Å². The quantitative estimate of drug-likeness (QED) is 0.500. The molecule has 1 saturated carbocycles. The Kier molecular flexibility index (Phi) is 5.79. The lowest BCUT2D eigenvalue weighted by Crippen LogP contribution is -2.64. The van der Waals surface area contributed by atoms with Gasteiger partial charge in [-0.3, -0.25) is 14.4 Å². The predicted octanol–water partition coefficient (Wildman–Crippen LogP) is 3.76. The maximum absolute atomic E-state index is 13.3. The number of hydrogen-bond acceptors (Lipinski definition) is 4. The third-order valence-electron chi connectivity index (χ3n) is 7.22. The Labute approximate surface area is 198 Å². The predicted molar refractivity (Wildman–Crippen MR) is 126 cm³/mol. The van der Waals surface area contributed by atoms with Gasteiger partial charge in [-0.15, -0.1) is 0 Å². The molecule has 5 rings (SSSR count). The molecule has 2 aliphatic heterocycles. The molecular formula is C26H26ClN3O3. The average molecular weight is 464 g/mol. The van der Waals surface area contributed by atoms with Gasteiger partial charge in [0.05, 0.1) is 0 Å². The van der Waals surface area contributed by atoms with Gasteiger partial charge in [0.15, 0.2) is 6.04 Å². The number of benzene rings is 2. The normalized spacial score (nSPS) is 22.4. The molecule has 0 bridgehead atoms. The zero-order valence-corrected chi connectivity index (χ0v) is 19.1. The number of Topliss-reactive ketones (excluding diaryl/α,β-unsaturated/α-hetero) is 1. The molecule has 7 heteroatoms. The third kappa shape index (κ3) is 4.08. The van der Waals surface area contributed by atoms with Crippen LogP contribution in [0, 0.1) is 0 Å². The second-order valence-corrected chi connectivity index (χ2v) is 9.65. The molecule has 0 N–H and O–H groups in total. The number of amides is 2. The van der Waals surface area contributed by atoms with Gasteiger partial charge in [0.25, 0.3) is 11.7 Å². The van der Waals surface area contributed by atoms with Crippen molar-refractivity contribution in [2.75, 3.05) is 13.1 Å². The van der Waals surface area contributed by atoms with Gasteiger partial charge in [-0.2, -0.15) is 4.99 Å². The number of aliphatic imine (C=N–C) groups is 1. The number of nitrogens with zero attached hydrogens (tertiary/aromatic N) is 3. The summed E-state index contributed by atoms with van der Waals surface area (Å²) in [5, 5.41) is 0.683. The highest BCUT2D eigenvalue weighted by Crippen LogP contribution is 2.45. The molecule has 6 nitrogen and oxygen atoms in total. The number of piperazine rings is 1. The SMILES string of the molecule is O=C1N=C(CC2(c3ccc(Cl)cc3)CCCC2)N2CCN(Cc3ccccc3)C(=O)C2C1=O. The molecule has 0 radical (unpaired) electrons. The molecule has 0 aromatic heterocycles. The maximum atomic E-state index is 13.3. The number of fused-ring (bicyclic) bond motifs is 1. The average Bonchev–Trinajstić information content (AvgIpc) is 3.29. The highest BCUT2D eigenvalue weighted by molar-refractivity contribution is 6.45. The van der Waals surface area contributed by atoms with Gasteiger partial charge >= 0.3 is 5.91 Å². The van der Waals surface area contributed by atoms with Crippen LogP contribution in [0.2, 0.25) is 5.02 Å². The van der Waals surface area contributed by atoms with Crippen LogP contribution in [0.4, 0.5) is 0 Å². The van der Waals surface area contributed by atoms with Crippen molar-refractivity contribution in [1.29, 1.82) is 0 Å². The molecule has 33 heavy (non-hydrogen) atoms.